The maximum atomic E-state index is 14.3. The highest BCUT2D eigenvalue weighted by atomic mass is 19.1. The average molecular weight is 563 g/mol. The van der Waals surface area contributed by atoms with E-state index in [4.69, 9.17) is 14.5 Å². The summed E-state index contributed by atoms with van der Waals surface area (Å²) in [5, 5.41) is 11.2. The summed E-state index contributed by atoms with van der Waals surface area (Å²) in [5.74, 6) is -0.267. The van der Waals surface area contributed by atoms with Crippen molar-refractivity contribution in [1.29, 1.82) is 0 Å². The van der Waals surface area contributed by atoms with Crippen LogP contribution in [0.1, 0.15) is 49.1 Å². The zero-order chi connectivity index (χ0) is 29.4. The van der Waals surface area contributed by atoms with Crippen LogP contribution in [-0.4, -0.2) is 21.6 Å². The van der Waals surface area contributed by atoms with Crippen molar-refractivity contribution in [1.82, 2.24) is 4.98 Å². The molecule has 0 saturated carbocycles. The maximum Gasteiger partial charge on any atom is 0.219 e. The topological polar surface area (TPSA) is 63.9 Å². The fourth-order valence-corrected chi connectivity index (χ4v) is 6.26. The van der Waals surface area contributed by atoms with E-state index in [-0.39, 0.29) is 23.1 Å². The molecule has 1 aliphatic heterocycles. The second kappa shape index (κ2) is 9.11. The van der Waals surface area contributed by atoms with Crippen molar-refractivity contribution in [3.05, 3.63) is 119 Å². The zero-order valence-electron chi connectivity index (χ0n) is 23.6. The monoisotopic (exact) mass is 562 g/mol. The number of aliphatic imine (C=N–C) groups is 1. The summed E-state index contributed by atoms with van der Waals surface area (Å²) in [6.07, 6.45) is 0. The normalized spacial score (nSPS) is 20.1. The minimum absolute atomic E-state index is 0.0523. The molecular weight excluding hydrogens is 534 g/mol. The Morgan fingerprint density at radius 2 is 1.55 bits per heavy atom. The molecule has 1 aromatic heterocycles. The minimum atomic E-state index is -0.685. The van der Waals surface area contributed by atoms with Crippen LogP contribution in [0.15, 0.2) is 89.9 Å². The van der Waals surface area contributed by atoms with Crippen molar-refractivity contribution in [2.75, 3.05) is 0 Å². The first kappa shape index (κ1) is 26.1. The lowest BCUT2D eigenvalue weighted by Gasteiger charge is -2.37. The van der Waals surface area contributed by atoms with Crippen LogP contribution < -0.4 is 4.74 Å². The number of aryl methyl sites for hydroxylation is 1. The Morgan fingerprint density at radius 1 is 0.833 bits per heavy atom. The Kier molecular flexibility index (Phi) is 5.67. The van der Waals surface area contributed by atoms with E-state index in [0.29, 0.717) is 33.9 Å². The van der Waals surface area contributed by atoms with Crippen LogP contribution in [0.4, 0.5) is 8.78 Å². The lowest BCUT2D eigenvalue weighted by Crippen LogP contribution is -2.44. The van der Waals surface area contributed by atoms with Gasteiger partial charge in [0.05, 0.1) is 0 Å². The van der Waals surface area contributed by atoms with Gasteiger partial charge in [-0.15, -0.1) is 0 Å². The molecule has 0 saturated heterocycles. The molecule has 42 heavy (non-hydrogen) atoms. The summed E-state index contributed by atoms with van der Waals surface area (Å²) < 4.78 is 41.4. The largest absolute Gasteiger partial charge is 0.506 e. The summed E-state index contributed by atoms with van der Waals surface area (Å²) in [5.41, 5.74) is 4.16. The van der Waals surface area contributed by atoms with E-state index < -0.39 is 17.2 Å². The Hall–Kier alpha value is -4.78. The number of ether oxygens (including phenoxy) is 2. The Balaban J connectivity index is 1.34. The molecule has 1 aliphatic carbocycles. The molecule has 0 unspecified atom stereocenters. The second-order valence-corrected chi connectivity index (χ2v) is 11.8. The highest BCUT2D eigenvalue weighted by Gasteiger charge is 2.60. The summed E-state index contributed by atoms with van der Waals surface area (Å²) in [6, 6.07) is 23.8. The van der Waals surface area contributed by atoms with Gasteiger partial charge in [-0.1, -0.05) is 38.1 Å². The van der Waals surface area contributed by atoms with Gasteiger partial charge < -0.3 is 14.6 Å². The third-order valence-electron chi connectivity index (χ3n) is 8.71. The van der Waals surface area contributed by atoms with Gasteiger partial charge in [-0.2, -0.15) is 0 Å². The van der Waals surface area contributed by atoms with Crippen LogP contribution in [0.5, 0.6) is 17.4 Å². The Labute approximate surface area is 242 Å². The number of aromatic nitrogens is 1. The van der Waals surface area contributed by atoms with Gasteiger partial charge >= 0.3 is 0 Å². The highest BCUT2D eigenvalue weighted by Crippen LogP contribution is 2.58. The molecule has 0 amide bonds. The van der Waals surface area contributed by atoms with E-state index in [0.717, 1.165) is 22.6 Å². The molecule has 0 fully saturated rings. The van der Waals surface area contributed by atoms with Gasteiger partial charge in [-0.05, 0) is 90.2 Å². The number of rotatable bonds is 4. The van der Waals surface area contributed by atoms with Crippen molar-refractivity contribution in [3.63, 3.8) is 0 Å². The van der Waals surface area contributed by atoms with Crippen molar-refractivity contribution >= 4 is 16.8 Å². The molecule has 2 aliphatic rings. The summed E-state index contributed by atoms with van der Waals surface area (Å²) >= 11 is 0. The molecule has 0 bridgehead atoms. The summed E-state index contributed by atoms with van der Waals surface area (Å²) in [6.45, 7) is 8.29. The van der Waals surface area contributed by atoms with Gasteiger partial charge in [0.25, 0.3) is 0 Å². The molecule has 0 spiro atoms. The van der Waals surface area contributed by atoms with Gasteiger partial charge in [-0.25, -0.2) is 18.8 Å². The van der Waals surface area contributed by atoms with Gasteiger partial charge in [0.15, 0.2) is 0 Å². The molecule has 7 rings (SSSR count). The molecule has 2 atom stereocenters. The van der Waals surface area contributed by atoms with Gasteiger partial charge in [-0.3, -0.25) is 0 Å². The standard InChI is InChI=1S/C35H28F2N2O3/c1-19-11-20-9-10-30(38-31(20)29(40)12-19)41-26-16-21(22-14-24(36)18-25(37)15-22)13-23(17-26)33-39-32-27-7-5-6-8-28(27)34(2,3)35(32,4)42-33/h5-18,32,40H,1-4H3/t32-,35-/m0/s1. The lowest BCUT2D eigenvalue weighted by atomic mass is 9.75. The second-order valence-electron chi connectivity index (χ2n) is 11.8. The molecule has 210 valence electrons. The molecule has 1 N–H and O–H groups in total. The number of fused-ring (bicyclic) bond motifs is 4. The number of halogens is 2. The molecule has 0 radical (unpaired) electrons. The minimum Gasteiger partial charge on any atom is -0.506 e. The first-order valence-electron chi connectivity index (χ1n) is 13.8. The molecule has 5 aromatic rings. The zero-order valence-corrected chi connectivity index (χ0v) is 23.6. The number of hydrogen-bond donors (Lipinski definition) is 1. The van der Waals surface area contributed by atoms with Crippen LogP contribution in [0.2, 0.25) is 0 Å². The van der Waals surface area contributed by atoms with E-state index in [1.54, 1.807) is 30.3 Å². The fraction of sp³-hybridized carbons (Fsp3) is 0.200. The number of phenols is 1. The molecule has 4 aromatic carbocycles. The van der Waals surface area contributed by atoms with E-state index in [2.05, 4.69) is 37.9 Å². The Morgan fingerprint density at radius 3 is 2.33 bits per heavy atom. The van der Waals surface area contributed by atoms with Crippen molar-refractivity contribution in [2.45, 2.75) is 44.8 Å². The van der Waals surface area contributed by atoms with Crippen molar-refractivity contribution in [3.8, 4) is 28.5 Å². The van der Waals surface area contributed by atoms with Crippen molar-refractivity contribution in [2.24, 2.45) is 4.99 Å². The number of pyridine rings is 1. The van der Waals surface area contributed by atoms with E-state index in [9.17, 15) is 13.9 Å². The number of nitrogens with zero attached hydrogens (tertiary/aromatic N) is 2. The van der Waals surface area contributed by atoms with Crippen LogP contribution in [0, 0.1) is 18.6 Å². The lowest BCUT2D eigenvalue weighted by molar-refractivity contribution is 0.0211. The highest BCUT2D eigenvalue weighted by molar-refractivity contribution is 5.98. The smallest absolute Gasteiger partial charge is 0.219 e. The molecule has 2 heterocycles. The summed E-state index contributed by atoms with van der Waals surface area (Å²) in [4.78, 5) is 9.57. The van der Waals surface area contributed by atoms with Gasteiger partial charge in [0.1, 0.15) is 40.3 Å². The SMILES string of the molecule is Cc1cc(O)c2nc(Oc3cc(C4=N[C@H]5c6ccccc6C(C)(C)[C@@]5(C)O4)cc(-c4cc(F)cc(F)c4)c3)ccc2c1. The van der Waals surface area contributed by atoms with Crippen LogP contribution in [-0.2, 0) is 10.2 Å². The van der Waals surface area contributed by atoms with Gasteiger partial charge in [0.2, 0.25) is 11.8 Å². The number of hydrogen-bond acceptors (Lipinski definition) is 5. The molecule has 7 heteroatoms. The third-order valence-corrected chi connectivity index (χ3v) is 8.71. The van der Waals surface area contributed by atoms with Crippen LogP contribution in [0.3, 0.4) is 0 Å². The molecule has 5 nitrogen and oxygen atoms in total. The first-order valence-corrected chi connectivity index (χ1v) is 13.8. The number of benzene rings is 4. The predicted molar refractivity (Wildman–Crippen MR) is 158 cm³/mol. The quantitative estimate of drug-likeness (QED) is 0.238. The number of phenolic OH excluding ortho intramolecular Hbond substituents is 1. The first-order chi connectivity index (χ1) is 20.0. The third kappa shape index (κ3) is 4.03. The van der Waals surface area contributed by atoms with Crippen LogP contribution >= 0.6 is 0 Å². The molecular formula is C35H28F2N2O3. The van der Waals surface area contributed by atoms with E-state index in [1.165, 1.54) is 17.7 Å². The van der Waals surface area contributed by atoms with Gasteiger partial charge in [0, 0.05) is 28.5 Å². The predicted octanol–water partition coefficient (Wildman–Crippen LogP) is 8.55. The average Bonchev–Trinajstić information content (AvgIpc) is 3.38. The van der Waals surface area contributed by atoms with E-state index >= 15 is 0 Å². The number of aromatic hydroxyl groups is 1. The van der Waals surface area contributed by atoms with Crippen LogP contribution in [0.25, 0.3) is 22.0 Å². The van der Waals surface area contributed by atoms with E-state index in [1.807, 2.05) is 31.2 Å². The summed E-state index contributed by atoms with van der Waals surface area (Å²) in [7, 11) is 0. The van der Waals surface area contributed by atoms with Crippen molar-refractivity contribution < 1.29 is 23.4 Å². The Bertz CT molecular complexity index is 1930. The maximum absolute atomic E-state index is 14.3. The fourth-order valence-electron chi connectivity index (χ4n) is 6.26.